The van der Waals surface area contributed by atoms with Crippen LogP contribution in [0, 0.1) is 6.92 Å². The molecule has 1 saturated carbocycles. The van der Waals surface area contributed by atoms with Crippen LogP contribution in [0.3, 0.4) is 0 Å². The summed E-state index contributed by atoms with van der Waals surface area (Å²) in [5.41, 5.74) is 10.4. The summed E-state index contributed by atoms with van der Waals surface area (Å²) in [6.45, 7) is 7.85. The summed E-state index contributed by atoms with van der Waals surface area (Å²) in [7, 11) is -0.253. The number of rotatable bonds is 9. The predicted octanol–water partition coefficient (Wildman–Crippen LogP) is 4.17. The maximum Gasteiger partial charge on any atom is 0.255 e. The minimum absolute atomic E-state index is 0.196. The van der Waals surface area contributed by atoms with E-state index in [-0.39, 0.29) is 16.9 Å². The Morgan fingerprint density at radius 3 is 2.44 bits per heavy atom. The topological polar surface area (TPSA) is 158 Å². The van der Waals surface area contributed by atoms with Crippen molar-refractivity contribution in [1.29, 1.82) is 0 Å². The van der Waals surface area contributed by atoms with Gasteiger partial charge in [0.1, 0.15) is 5.82 Å². The van der Waals surface area contributed by atoms with E-state index in [0.717, 1.165) is 41.7 Å². The van der Waals surface area contributed by atoms with Gasteiger partial charge in [0, 0.05) is 24.7 Å². The first-order valence-corrected chi connectivity index (χ1v) is 15.1. The van der Waals surface area contributed by atoms with Gasteiger partial charge in [-0.15, -0.1) is 0 Å². The SMILES string of the molecule is COc1c(NC(=O)c2ccc(C)c(N(N)/C=C(\N)c3cnc(C4CC4)n3C)c2)cc(C(C)(C)C)cc1NS(C)(=O)=O. The molecule has 1 aromatic heterocycles. The molecule has 1 aliphatic rings. The molecule has 6 N–H and O–H groups in total. The first-order chi connectivity index (χ1) is 19.1. The summed E-state index contributed by atoms with van der Waals surface area (Å²) in [4.78, 5) is 18.0. The number of amides is 1. The number of nitrogens with one attached hydrogen (secondary N) is 2. The number of hydrazine groups is 1. The molecule has 0 saturated heterocycles. The van der Waals surface area contributed by atoms with Gasteiger partial charge in [0.25, 0.3) is 5.91 Å². The Kier molecular flexibility index (Phi) is 8.10. The van der Waals surface area contributed by atoms with Crippen molar-refractivity contribution in [3.8, 4) is 5.75 Å². The Morgan fingerprint density at radius 1 is 1.20 bits per heavy atom. The van der Waals surface area contributed by atoms with Crippen LogP contribution < -0.4 is 31.4 Å². The van der Waals surface area contributed by atoms with Crippen molar-refractivity contribution in [2.24, 2.45) is 18.6 Å². The fourth-order valence-corrected chi connectivity index (χ4v) is 5.12. The summed E-state index contributed by atoms with van der Waals surface area (Å²) < 4.78 is 34.1. The number of hydrogen-bond donors (Lipinski definition) is 4. The van der Waals surface area contributed by atoms with E-state index >= 15 is 0 Å². The van der Waals surface area contributed by atoms with Gasteiger partial charge in [-0.05, 0) is 60.6 Å². The number of sulfonamides is 1. The molecule has 1 heterocycles. The van der Waals surface area contributed by atoms with Crippen LogP contribution in [0.15, 0.2) is 42.7 Å². The van der Waals surface area contributed by atoms with E-state index in [0.29, 0.717) is 28.6 Å². The van der Waals surface area contributed by atoms with Crippen LogP contribution in [0.4, 0.5) is 17.1 Å². The van der Waals surface area contributed by atoms with Crippen molar-refractivity contribution in [1.82, 2.24) is 9.55 Å². The lowest BCUT2D eigenvalue weighted by Gasteiger charge is -2.24. The van der Waals surface area contributed by atoms with Crippen LogP contribution >= 0.6 is 0 Å². The molecule has 0 bridgehead atoms. The van der Waals surface area contributed by atoms with Crippen LogP contribution in [0.5, 0.6) is 5.75 Å². The number of anilines is 3. The van der Waals surface area contributed by atoms with E-state index in [1.54, 1.807) is 42.7 Å². The maximum atomic E-state index is 13.5. The van der Waals surface area contributed by atoms with E-state index in [1.807, 2.05) is 39.3 Å². The second-order valence-electron chi connectivity index (χ2n) is 11.5. The number of aryl methyl sites for hydroxylation is 1. The Labute approximate surface area is 241 Å². The number of ether oxygens (including phenoxy) is 1. The normalized spacial score (nSPS) is 14.1. The molecule has 0 aliphatic heterocycles. The van der Waals surface area contributed by atoms with E-state index in [4.69, 9.17) is 16.3 Å². The minimum atomic E-state index is -3.61. The van der Waals surface area contributed by atoms with Gasteiger partial charge < -0.3 is 20.4 Å². The number of benzene rings is 2. The van der Waals surface area contributed by atoms with Gasteiger partial charge in [-0.1, -0.05) is 26.8 Å². The maximum absolute atomic E-state index is 13.5. The van der Waals surface area contributed by atoms with E-state index < -0.39 is 15.9 Å². The van der Waals surface area contributed by atoms with Crippen molar-refractivity contribution in [2.75, 3.05) is 28.4 Å². The summed E-state index contributed by atoms with van der Waals surface area (Å²) in [6, 6.07) is 8.64. The predicted molar refractivity (Wildman–Crippen MR) is 163 cm³/mol. The van der Waals surface area contributed by atoms with Gasteiger partial charge in [-0.25, -0.2) is 19.2 Å². The highest BCUT2D eigenvalue weighted by atomic mass is 32.2. The highest BCUT2D eigenvalue weighted by molar-refractivity contribution is 7.92. The third-order valence-corrected chi connectivity index (χ3v) is 7.58. The molecule has 4 rings (SSSR count). The quantitative estimate of drug-likeness (QED) is 0.217. The average Bonchev–Trinajstić information content (AvgIpc) is 3.63. The zero-order valence-electron chi connectivity index (χ0n) is 24.6. The third-order valence-electron chi connectivity index (χ3n) is 6.99. The zero-order valence-corrected chi connectivity index (χ0v) is 25.4. The molecule has 1 aliphatic carbocycles. The van der Waals surface area contributed by atoms with Crippen molar-refractivity contribution in [2.45, 2.75) is 51.9 Å². The summed E-state index contributed by atoms with van der Waals surface area (Å²) in [6.07, 6.45) is 6.68. The summed E-state index contributed by atoms with van der Waals surface area (Å²) in [5, 5.41) is 4.27. The Morgan fingerprint density at radius 2 is 1.85 bits per heavy atom. The lowest BCUT2D eigenvalue weighted by atomic mass is 9.86. The highest BCUT2D eigenvalue weighted by Crippen LogP contribution is 2.40. The number of hydrogen-bond acceptors (Lipinski definition) is 8. The van der Waals surface area contributed by atoms with Crippen LogP contribution in [0.25, 0.3) is 5.70 Å². The average molecular weight is 582 g/mol. The van der Waals surface area contributed by atoms with Gasteiger partial charge >= 0.3 is 0 Å². The fraction of sp³-hybridized carbons (Fsp3) is 0.379. The number of carbonyl (C=O) groups is 1. The van der Waals surface area contributed by atoms with E-state index in [2.05, 4.69) is 15.0 Å². The largest absolute Gasteiger partial charge is 0.492 e. The van der Waals surface area contributed by atoms with Gasteiger partial charge in [0.15, 0.2) is 5.75 Å². The molecule has 220 valence electrons. The first-order valence-electron chi connectivity index (χ1n) is 13.2. The molecular formula is C29H39N7O4S. The second kappa shape index (κ2) is 11.1. The van der Waals surface area contributed by atoms with Crippen LogP contribution in [-0.2, 0) is 22.5 Å². The molecule has 12 heteroatoms. The van der Waals surface area contributed by atoms with Gasteiger partial charge in [-0.2, -0.15) is 0 Å². The smallest absolute Gasteiger partial charge is 0.255 e. The van der Waals surface area contributed by atoms with Gasteiger partial charge in [-0.3, -0.25) is 14.5 Å². The number of carbonyl (C=O) groups excluding carboxylic acids is 1. The van der Waals surface area contributed by atoms with Crippen molar-refractivity contribution < 1.29 is 17.9 Å². The van der Waals surface area contributed by atoms with Crippen molar-refractivity contribution in [3.05, 3.63) is 70.9 Å². The number of methoxy groups -OCH3 is 1. The van der Waals surface area contributed by atoms with Crippen LogP contribution in [0.1, 0.15) is 72.5 Å². The van der Waals surface area contributed by atoms with Crippen molar-refractivity contribution in [3.63, 3.8) is 0 Å². The molecule has 11 nitrogen and oxygen atoms in total. The molecule has 0 radical (unpaired) electrons. The van der Waals surface area contributed by atoms with Crippen LogP contribution in [-0.4, -0.2) is 37.2 Å². The standard InChI is InChI=1S/C29H39N7O4S/c1-17-8-9-19(12-24(17)36(31)16-21(30)25-15-32-27(35(25)5)18-10-11-18)28(37)33-22-13-20(29(2,3)4)14-23(26(22)40-6)34-41(7,38)39/h8-9,12-16,18,34H,10-11,30-31H2,1-7H3,(H,33,37)/b21-16-. The Bertz CT molecular complexity index is 1620. The minimum Gasteiger partial charge on any atom is -0.492 e. The molecule has 3 aromatic rings. The second-order valence-corrected chi connectivity index (χ2v) is 13.3. The molecule has 1 fully saturated rings. The zero-order chi connectivity index (χ0) is 30.3. The molecule has 2 aromatic carbocycles. The molecule has 41 heavy (non-hydrogen) atoms. The lowest BCUT2D eigenvalue weighted by Crippen LogP contribution is -2.27. The molecule has 0 unspecified atom stereocenters. The molecular weight excluding hydrogens is 542 g/mol. The van der Waals surface area contributed by atoms with Gasteiger partial charge in [0.2, 0.25) is 10.0 Å². The van der Waals surface area contributed by atoms with E-state index in [9.17, 15) is 13.2 Å². The number of nitrogens with two attached hydrogens (primary N) is 2. The van der Waals surface area contributed by atoms with Crippen molar-refractivity contribution >= 4 is 38.7 Å². The van der Waals surface area contributed by atoms with Gasteiger partial charge in [0.05, 0.1) is 48.0 Å². The fourth-order valence-electron chi connectivity index (χ4n) is 4.57. The molecule has 0 atom stereocenters. The number of aromatic nitrogens is 2. The summed E-state index contributed by atoms with van der Waals surface area (Å²) >= 11 is 0. The first kappa shape index (κ1) is 29.9. The lowest BCUT2D eigenvalue weighted by molar-refractivity contribution is 0.102. The third kappa shape index (κ3) is 6.83. The highest BCUT2D eigenvalue weighted by Gasteiger charge is 2.28. The monoisotopic (exact) mass is 581 g/mol. The van der Waals surface area contributed by atoms with Crippen LogP contribution in [0.2, 0.25) is 0 Å². The van der Waals surface area contributed by atoms with E-state index in [1.165, 1.54) is 12.1 Å². The Balaban J connectivity index is 1.65. The molecule has 1 amide bonds. The number of imidazole rings is 1. The molecule has 0 spiro atoms. The Hall–Kier alpha value is -4.03. The number of nitrogens with zero attached hydrogens (tertiary/aromatic N) is 3. The summed E-state index contributed by atoms with van der Waals surface area (Å²) in [5.74, 6) is 7.67.